The number of hydrogen-bond donors (Lipinski definition) is 0. The summed E-state index contributed by atoms with van der Waals surface area (Å²) in [7, 11) is -1.77. The van der Waals surface area contributed by atoms with E-state index in [1.165, 1.54) is 5.56 Å². The van der Waals surface area contributed by atoms with E-state index in [2.05, 4.69) is 171 Å². The second-order valence-electron chi connectivity index (χ2n) is 19.8. The maximum absolute atomic E-state index is 9.04. The third-order valence-electron chi connectivity index (χ3n) is 12.9. The minimum Gasteiger partial charge on any atom is -0.501 e. The summed E-state index contributed by atoms with van der Waals surface area (Å²) < 4.78 is 26.9. The summed E-state index contributed by atoms with van der Waals surface area (Å²) >= 11 is 0. The van der Waals surface area contributed by atoms with Gasteiger partial charge in [0.25, 0.3) is 0 Å². The van der Waals surface area contributed by atoms with Crippen LogP contribution in [0.15, 0.2) is 205 Å². The molecule has 70 heavy (non-hydrogen) atoms. The van der Waals surface area contributed by atoms with Crippen LogP contribution in [-0.2, 0) is 31.9 Å². The van der Waals surface area contributed by atoms with Crippen molar-refractivity contribution >= 4 is 46.2 Å². The van der Waals surface area contributed by atoms with Gasteiger partial charge >= 0.3 is 0 Å². The molecule has 0 saturated carbocycles. The SMILES string of the molecule is CC(C)(C)c1cc(-c2ccccc2)c(-n2c(-c3[c-]ccc4c3oc3ccccc34)nc3ccccc32)c(-c2ccccc2)c1.[2H]C([2H])(c1cc(-c2[c-]cccc2)ncc1[Si](C)(C)C)C(C)c1ccccc1.[Ir]. The molecule has 0 aliphatic heterocycles. The number of aromatic nitrogens is 3. The molecule has 0 fully saturated rings. The van der Waals surface area contributed by atoms with Crippen LogP contribution in [0.3, 0.4) is 0 Å². The van der Waals surface area contributed by atoms with Gasteiger partial charge in [-0.3, -0.25) is 4.98 Å². The Hall–Kier alpha value is -6.95. The molecular formula is C64H57IrN3OSi-2. The first-order valence-electron chi connectivity index (χ1n) is 24.8. The molecule has 0 amide bonds. The third kappa shape index (κ3) is 9.78. The van der Waals surface area contributed by atoms with Gasteiger partial charge in [0, 0.05) is 45.6 Å². The Bertz CT molecular complexity index is 3590. The van der Waals surface area contributed by atoms with E-state index in [4.69, 9.17) is 12.1 Å². The number of para-hydroxylation sites is 3. The number of pyridine rings is 1. The normalized spacial score (nSPS) is 12.7. The molecule has 0 saturated heterocycles. The van der Waals surface area contributed by atoms with E-state index < -0.39 is 14.4 Å². The molecule has 4 nitrogen and oxygen atoms in total. The van der Waals surface area contributed by atoms with E-state index in [0.717, 1.165) is 99.9 Å². The van der Waals surface area contributed by atoms with Crippen molar-refractivity contribution in [3.8, 4) is 50.6 Å². The molecule has 8 aromatic carbocycles. The average molecular weight is 1110 g/mol. The van der Waals surface area contributed by atoms with Gasteiger partial charge in [0.2, 0.25) is 0 Å². The summed E-state index contributed by atoms with van der Waals surface area (Å²) in [6.07, 6.45) is 0.400. The van der Waals surface area contributed by atoms with E-state index in [-0.39, 0.29) is 31.4 Å². The average Bonchev–Trinajstić information content (AvgIpc) is 3.97. The number of benzene rings is 8. The Kier molecular flexibility index (Phi) is 13.1. The number of hydrogen-bond acceptors (Lipinski definition) is 3. The molecule has 1 radical (unpaired) electrons. The van der Waals surface area contributed by atoms with E-state index >= 15 is 0 Å². The van der Waals surface area contributed by atoms with Crippen LogP contribution in [-0.4, -0.2) is 22.6 Å². The van der Waals surface area contributed by atoms with Crippen LogP contribution in [0.1, 0.15) is 53.0 Å². The summed E-state index contributed by atoms with van der Waals surface area (Å²) in [5.74, 6) is 0.539. The Morgan fingerprint density at radius 1 is 0.671 bits per heavy atom. The summed E-state index contributed by atoms with van der Waals surface area (Å²) in [6, 6.07) is 73.1. The zero-order chi connectivity index (χ0) is 49.5. The standard InChI is InChI=1S/C41H31N2O.C23H26NSi.Ir/c1-41(2,3)29-25-33(27-15-6-4-7-16-27)38(34(26-29)28-17-8-5-9-18-28)43-36-23-12-11-22-35(36)42-40(43)32-21-14-20-31-30-19-10-13-24-37(30)44-39(31)32;1-18(19-11-7-5-8-12-19)15-21-16-22(20-13-9-6-10-14-20)24-17-23(21)25(2,3)4;/h4-20,22-26H,1-3H3;5-13,16-18H,15H2,1-4H3;/q2*-1;/i;15D2;. The van der Waals surface area contributed by atoms with Gasteiger partial charge in [-0.15, -0.1) is 54.1 Å². The molecule has 0 aliphatic rings. The minimum atomic E-state index is -1.77. The number of rotatable bonds is 9. The zero-order valence-corrected chi connectivity index (χ0v) is 44.1. The Morgan fingerprint density at radius 2 is 1.29 bits per heavy atom. The van der Waals surface area contributed by atoms with Crippen molar-refractivity contribution < 1.29 is 27.3 Å². The number of nitrogens with zero attached hydrogens (tertiary/aromatic N) is 3. The first-order chi connectivity index (χ1) is 34.2. The monoisotopic (exact) mass is 1110 g/mol. The molecule has 0 aliphatic carbocycles. The molecule has 0 spiro atoms. The molecule has 3 aromatic heterocycles. The molecule has 3 heterocycles. The van der Waals surface area contributed by atoms with Gasteiger partial charge in [-0.1, -0.05) is 191 Å². The molecule has 0 N–H and O–H groups in total. The van der Waals surface area contributed by atoms with Crippen LogP contribution in [0, 0.1) is 12.1 Å². The van der Waals surface area contributed by atoms with E-state index in [1.54, 1.807) is 0 Å². The van der Waals surface area contributed by atoms with Crippen molar-refractivity contribution in [2.45, 2.75) is 65.0 Å². The van der Waals surface area contributed by atoms with E-state index in [1.807, 2.05) is 98.0 Å². The van der Waals surface area contributed by atoms with Crippen molar-refractivity contribution in [2.75, 3.05) is 0 Å². The summed E-state index contributed by atoms with van der Waals surface area (Å²) in [5.41, 5.74) is 14.8. The van der Waals surface area contributed by atoms with Gasteiger partial charge in [0.1, 0.15) is 5.58 Å². The van der Waals surface area contributed by atoms with Crippen LogP contribution in [0.25, 0.3) is 83.6 Å². The predicted molar refractivity (Wildman–Crippen MR) is 292 cm³/mol. The van der Waals surface area contributed by atoms with Crippen molar-refractivity contribution in [1.29, 1.82) is 0 Å². The second-order valence-corrected chi connectivity index (χ2v) is 24.8. The fourth-order valence-corrected chi connectivity index (χ4v) is 10.6. The summed E-state index contributed by atoms with van der Waals surface area (Å²) in [6.45, 7) is 15.5. The quantitative estimate of drug-likeness (QED) is 0.107. The molecule has 11 rings (SSSR count). The minimum absolute atomic E-state index is 0. The van der Waals surface area contributed by atoms with Gasteiger partial charge < -0.3 is 14.0 Å². The van der Waals surface area contributed by atoms with Gasteiger partial charge in [-0.05, 0) is 81.2 Å². The number of furan rings is 1. The maximum Gasteiger partial charge on any atom is 0.120 e. The Balaban J connectivity index is 0.000000197. The third-order valence-corrected chi connectivity index (χ3v) is 14.9. The van der Waals surface area contributed by atoms with Crippen LogP contribution < -0.4 is 5.19 Å². The van der Waals surface area contributed by atoms with Crippen LogP contribution >= 0.6 is 0 Å². The fraction of sp³-hybridized carbons (Fsp3) is 0.156. The van der Waals surface area contributed by atoms with Crippen molar-refractivity contribution in [2.24, 2.45) is 0 Å². The van der Waals surface area contributed by atoms with Gasteiger partial charge in [-0.2, -0.15) is 0 Å². The smallest absolute Gasteiger partial charge is 0.120 e. The largest absolute Gasteiger partial charge is 0.501 e. The maximum atomic E-state index is 9.04. The molecular weight excluding hydrogens is 1050 g/mol. The summed E-state index contributed by atoms with van der Waals surface area (Å²) in [5, 5.41) is 3.22. The van der Waals surface area contributed by atoms with Crippen LogP contribution in [0.2, 0.25) is 19.6 Å². The molecule has 0 bridgehead atoms. The van der Waals surface area contributed by atoms with Crippen molar-refractivity contribution in [1.82, 2.24) is 14.5 Å². The molecule has 6 heteroatoms. The Labute approximate surface area is 430 Å². The second kappa shape index (κ2) is 20.2. The van der Waals surface area contributed by atoms with Crippen molar-refractivity contribution in [3.05, 3.63) is 229 Å². The van der Waals surface area contributed by atoms with Crippen LogP contribution in [0.5, 0.6) is 0 Å². The van der Waals surface area contributed by atoms with Gasteiger partial charge in [0.05, 0.1) is 36.2 Å². The first kappa shape index (κ1) is 45.5. The van der Waals surface area contributed by atoms with E-state index in [9.17, 15) is 0 Å². The van der Waals surface area contributed by atoms with Gasteiger partial charge in [-0.25, -0.2) is 0 Å². The van der Waals surface area contributed by atoms with Crippen molar-refractivity contribution in [3.63, 3.8) is 0 Å². The topological polar surface area (TPSA) is 43.9 Å². The van der Waals surface area contributed by atoms with Crippen LogP contribution in [0.4, 0.5) is 0 Å². The van der Waals surface area contributed by atoms with E-state index in [0.29, 0.717) is 0 Å². The Morgan fingerprint density at radius 3 is 1.93 bits per heavy atom. The number of fused-ring (bicyclic) bond motifs is 4. The summed E-state index contributed by atoms with van der Waals surface area (Å²) in [4.78, 5) is 9.95. The predicted octanol–water partition coefficient (Wildman–Crippen LogP) is 16.5. The first-order valence-corrected chi connectivity index (χ1v) is 27.3. The molecule has 349 valence electrons. The molecule has 1 atom stereocenters. The molecule has 1 unspecified atom stereocenters. The number of imidazole rings is 1. The fourth-order valence-electron chi connectivity index (χ4n) is 9.19. The zero-order valence-electron chi connectivity index (χ0n) is 42.7. The molecule has 11 aromatic rings. The van der Waals surface area contributed by atoms with Gasteiger partial charge in [0.15, 0.2) is 0 Å².